The molecule has 1 aromatic heterocycles. The normalized spacial score (nSPS) is 13.4. The summed E-state index contributed by atoms with van der Waals surface area (Å²) in [7, 11) is 0. The van der Waals surface area contributed by atoms with Crippen LogP contribution in [-0.2, 0) is 6.42 Å². The van der Waals surface area contributed by atoms with Crippen LogP contribution in [0.3, 0.4) is 0 Å². The van der Waals surface area contributed by atoms with Gasteiger partial charge in [-0.3, -0.25) is 0 Å². The Balaban J connectivity index is 2.55. The second kappa shape index (κ2) is 3.42. The van der Waals surface area contributed by atoms with Crippen LogP contribution in [0.25, 0.3) is 11.0 Å². The molecule has 2 N–H and O–H groups in total. The molecule has 0 bridgehead atoms. The van der Waals surface area contributed by atoms with E-state index in [0.29, 0.717) is 17.4 Å². The Morgan fingerprint density at radius 3 is 3.00 bits per heavy atom. The molecule has 2 aromatic rings. The molecule has 0 fully saturated rings. The number of benzene rings is 1. The molecule has 2 rings (SSSR count). The summed E-state index contributed by atoms with van der Waals surface area (Å²) in [4.78, 5) is 0. The highest BCUT2D eigenvalue weighted by Gasteiger charge is 2.11. The summed E-state index contributed by atoms with van der Waals surface area (Å²) in [6.07, 6.45) is 2.21. The average Bonchev–Trinajstić information content (AvgIpc) is 2.49. The number of nitrogens with two attached hydrogens (primary N) is 1. The predicted molar refractivity (Wildman–Crippen MR) is 53.5 cm³/mol. The molecule has 0 aliphatic rings. The van der Waals surface area contributed by atoms with Gasteiger partial charge >= 0.3 is 0 Å². The van der Waals surface area contributed by atoms with Gasteiger partial charge in [0.05, 0.1) is 11.6 Å². The minimum Gasteiger partial charge on any atom is -0.464 e. The van der Waals surface area contributed by atoms with Crippen molar-refractivity contribution in [3.63, 3.8) is 0 Å². The van der Waals surface area contributed by atoms with Crippen LogP contribution in [0, 0.1) is 5.82 Å². The second-order valence-electron chi connectivity index (χ2n) is 3.56. The molecule has 14 heavy (non-hydrogen) atoms. The van der Waals surface area contributed by atoms with E-state index >= 15 is 0 Å². The smallest absolute Gasteiger partial charge is 0.137 e. The van der Waals surface area contributed by atoms with E-state index in [2.05, 4.69) is 0 Å². The van der Waals surface area contributed by atoms with Gasteiger partial charge in [0.25, 0.3) is 0 Å². The zero-order chi connectivity index (χ0) is 10.1. The van der Waals surface area contributed by atoms with Gasteiger partial charge in [-0.2, -0.15) is 0 Å². The van der Waals surface area contributed by atoms with Gasteiger partial charge in [-0.15, -0.1) is 0 Å². The van der Waals surface area contributed by atoms with Crippen LogP contribution >= 0.6 is 0 Å². The maximum atomic E-state index is 13.4. The molecule has 1 aromatic carbocycles. The molecular weight excluding hydrogens is 181 g/mol. The molecule has 1 heterocycles. The van der Waals surface area contributed by atoms with Gasteiger partial charge in [0.2, 0.25) is 0 Å². The molecular formula is C11H12FNO. The van der Waals surface area contributed by atoms with Crippen molar-refractivity contribution in [2.24, 2.45) is 5.73 Å². The first-order chi connectivity index (χ1) is 6.68. The van der Waals surface area contributed by atoms with E-state index in [1.165, 1.54) is 6.07 Å². The fourth-order valence-corrected chi connectivity index (χ4v) is 1.60. The van der Waals surface area contributed by atoms with E-state index in [-0.39, 0.29) is 11.9 Å². The molecule has 2 nitrogen and oxygen atoms in total. The summed E-state index contributed by atoms with van der Waals surface area (Å²) in [5.41, 5.74) is 7.09. The fourth-order valence-electron chi connectivity index (χ4n) is 1.60. The van der Waals surface area contributed by atoms with E-state index in [4.69, 9.17) is 10.2 Å². The van der Waals surface area contributed by atoms with Crippen LogP contribution in [-0.4, -0.2) is 6.04 Å². The molecule has 1 atom stereocenters. The lowest BCUT2D eigenvalue weighted by atomic mass is 10.1. The van der Waals surface area contributed by atoms with Crippen LogP contribution in [0.1, 0.15) is 12.5 Å². The van der Waals surface area contributed by atoms with Crippen LogP contribution in [0.4, 0.5) is 4.39 Å². The van der Waals surface area contributed by atoms with Crippen molar-refractivity contribution in [3.8, 4) is 0 Å². The van der Waals surface area contributed by atoms with E-state index in [1.54, 1.807) is 18.4 Å². The molecule has 0 amide bonds. The van der Waals surface area contributed by atoms with Crippen molar-refractivity contribution < 1.29 is 8.81 Å². The number of hydrogen-bond acceptors (Lipinski definition) is 2. The minimum absolute atomic E-state index is 0.00964. The Morgan fingerprint density at radius 2 is 2.29 bits per heavy atom. The Labute approximate surface area is 81.5 Å². The minimum atomic E-state index is -0.244. The lowest BCUT2D eigenvalue weighted by Crippen LogP contribution is -2.17. The third kappa shape index (κ3) is 1.51. The zero-order valence-corrected chi connectivity index (χ0v) is 7.96. The quantitative estimate of drug-likeness (QED) is 0.795. The second-order valence-corrected chi connectivity index (χ2v) is 3.56. The molecule has 74 valence electrons. The summed E-state index contributed by atoms with van der Waals surface area (Å²) >= 11 is 0. The van der Waals surface area contributed by atoms with Gasteiger partial charge in [0.15, 0.2) is 0 Å². The molecule has 3 heteroatoms. The largest absolute Gasteiger partial charge is 0.464 e. The molecule has 0 spiro atoms. The summed E-state index contributed by atoms with van der Waals surface area (Å²) in [6.45, 7) is 1.89. The van der Waals surface area contributed by atoms with Gasteiger partial charge in [0.1, 0.15) is 11.4 Å². The van der Waals surface area contributed by atoms with Crippen LogP contribution < -0.4 is 5.73 Å². The lowest BCUT2D eigenvalue weighted by Gasteiger charge is -2.02. The SMILES string of the molecule is CC(N)Cc1coc2cccc(F)c12. The van der Waals surface area contributed by atoms with Crippen molar-refractivity contribution in [3.05, 3.63) is 35.8 Å². The maximum absolute atomic E-state index is 13.4. The number of halogens is 1. The summed E-state index contributed by atoms with van der Waals surface area (Å²) in [5, 5.41) is 0.560. The van der Waals surface area contributed by atoms with Gasteiger partial charge in [-0.1, -0.05) is 6.07 Å². The molecule has 0 saturated carbocycles. The lowest BCUT2D eigenvalue weighted by molar-refractivity contribution is 0.603. The van der Waals surface area contributed by atoms with Crippen molar-refractivity contribution in [1.29, 1.82) is 0 Å². The molecule has 0 aliphatic heterocycles. The number of rotatable bonds is 2. The first-order valence-corrected chi connectivity index (χ1v) is 4.58. The van der Waals surface area contributed by atoms with Crippen molar-refractivity contribution in [2.45, 2.75) is 19.4 Å². The summed E-state index contributed by atoms with van der Waals surface area (Å²) in [5.74, 6) is -0.244. The van der Waals surface area contributed by atoms with E-state index in [9.17, 15) is 4.39 Å². The zero-order valence-electron chi connectivity index (χ0n) is 7.96. The Bertz CT molecular complexity index is 447. The van der Waals surface area contributed by atoms with E-state index in [1.807, 2.05) is 6.92 Å². The van der Waals surface area contributed by atoms with Crippen LogP contribution in [0.15, 0.2) is 28.9 Å². The van der Waals surface area contributed by atoms with Crippen molar-refractivity contribution in [1.82, 2.24) is 0 Å². The Morgan fingerprint density at radius 1 is 1.50 bits per heavy atom. The maximum Gasteiger partial charge on any atom is 0.137 e. The summed E-state index contributed by atoms with van der Waals surface area (Å²) in [6, 6.07) is 4.83. The first kappa shape index (κ1) is 9.21. The average molecular weight is 193 g/mol. The van der Waals surface area contributed by atoms with E-state index in [0.717, 1.165) is 5.56 Å². The van der Waals surface area contributed by atoms with Gasteiger partial charge in [-0.05, 0) is 25.5 Å². The third-order valence-electron chi connectivity index (χ3n) is 2.17. The standard InChI is InChI=1S/C11H12FNO/c1-7(13)5-8-6-14-10-4-2-3-9(12)11(8)10/h2-4,6-7H,5,13H2,1H3. The van der Waals surface area contributed by atoms with Crippen LogP contribution in [0.5, 0.6) is 0 Å². The first-order valence-electron chi connectivity index (χ1n) is 4.58. The predicted octanol–water partition coefficient (Wildman–Crippen LogP) is 2.46. The Hall–Kier alpha value is -1.35. The van der Waals surface area contributed by atoms with Crippen LogP contribution in [0.2, 0.25) is 0 Å². The molecule has 0 saturated heterocycles. The molecule has 0 aliphatic carbocycles. The third-order valence-corrected chi connectivity index (χ3v) is 2.17. The summed E-state index contributed by atoms with van der Waals surface area (Å²) < 4.78 is 18.7. The monoisotopic (exact) mass is 193 g/mol. The topological polar surface area (TPSA) is 39.2 Å². The Kier molecular flexibility index (Phi) is 2.25. The molecule has 0 radical (unpaired) electrons. The van der Waals surface area contributed by atoms with Gasteiger partial charge in [-0.25, -0.2) is 4.39 Å². The van der Waals surface area contributed by atoms with Crippen molar-refractivity contribution in [2.75, 3.05) is 0 Å². The number of hydrogen-bond donors (Lipinski definition) is 1. The van der Waals surface area contributed by atoms with E-state index < -0.39 is 0 Å². The highest BCUT2D eigenvalue weighted by Crippen LogP contribution is 2.24. The van der Waals surface area contributed by atoms with Crippen molar-refractivity contribution >= 4 is 11.0 Å². The fraction of sp³-hybridized carbons (Fsp3) is 0.273. The highest BCUT2D eigenvalue weighted by molar-refractivity contribution is 5.81. The van der Waals surface area contributed by atoms with Gasteiger partial charge < -0.3 is 10.2 Å². The number of fused-ring (bicyclic) bond motifs is 1. The highest BCUT2D eigenvalue weighted by atomic mass is 19.1. The molecule has 1 unspecified atom stereocenters. The number of furan rings is 1. The van der Waals surface area contributed by atoms with Gasteiger partial charge in [0, 0.05) is 11.6 Å².